The van der Waals surface area contributed by atoms with Crippen molar-refractivity contribution in [1.82, 2.24) is 25.1 Å². The zero-order chi connectivity index (χ0) is 17.6. The number of carbonyl (C=O) groups excluding carboxylic acids is 1. The van der Waals surface area contributed by atoms with Crippen LogP contribution in [0.15, 0.2) is 55.4 Å². The molecule has 2 heterocycles. The number of hydrogen-bond acceptors (Lipinski definition) is 5. The SMILES string of the molecule is CN(C)c1ccc(-c2cncc(C(=O)NCCn3cnnc3)c2)cc1. The summed E-state index contributed by atoms with van der Waals surface area (Å²) in [5.41, 5.74) is 3.60. The molecule has 0 aliphatic carbocycles. The Bertz CT molecular complexity index is 827. The molecule has 0 bridgehead atoms. The molecule has 1 amide bonds. The van der Waals surface area contributed by atoms with Crippen LogP contribution < -0.4 is 10.2 Å². The van der Waals surface area contributed by atoms with Gasteiger partial charge in [-0.05, 0) is 23.8 Å². The highest BCUT2D eigenvalue weighted by atomic mass is 16.1. The monoisotopic (exact) mass is 336 g/mol. The van der Waals surface area contributed by atoms with Gasteiger partial charge in [-0.2, -0.15) is 0 Å². The van der Waals surface area contributed by atoms with Crippen molar-refractivity contribution in [2.45, 2.75) is 6.54 Å². The van der Waals surface area contributed by atoms with E-state index in [0.29, 0.717) is 18.7 Å². The second-order valence-electron chi connectivity index (χ2n) is 5.86. The number of carbonyl (C=O) groups is 1. The molecule has 2 aromatic heterocycles. The molecule has 0 fully saturated rings. The van der Waals surface area contributed by atoms with E-state index in [1.165, 1.54) is 0 Å². The molecule has 0 aliphatic rings. The number of anilines is 1. The summed E-state index contributed by atoms with van der Waals surface area (Å²) in [6.45, 7) is 1.12. The molecule has 0 unspecified atom stereocenters. The van der Waals surface area contributed by atoms with Crippen molar-refractivity contribution in [3.05, 3.63) is 60.9 Å². The maximum atomic E-state index is 12.3. The van der Waals surface area contributed by atoms with E-state index in [4.69, 9.17) is 0 Å². The smallest absolute Gasteiger partial charge is 0.252 e. The van der Waals surface area contributed by atoms with E-state index in [1.54, 1.807) is 29.6 Å². The van der Waals surface area contributed by atoms with Crippen molar-refractivity contribution in [2.24, 2.45) is 0 Å². The molecule has 7 nitrogen and oxygen atoms in total. The summed E-state index contributed by atoms with van der Waals surface area (Å²) in [7, 11) is 4.00. The highest BCUT2D eigenvalue weighted by Gasteiger charge is 2.08. The number of benzene rings is 1. The van der Waals surface area contributed by atoms with Gasteiger partial charge in [0.2, 0.25) is 0 Å². The molecule has 1 aromatic carbocycles. The van der Waals surface area contributed by atoms with Gasteiger partial charge in [0.1, 0.15) is 12.7 Å². The van der Waals surface area contributed by atoms with Crippen molar-refractivity contribution in [3.8, 4) is 11.1 Å². The van der Waals surface area contributed by atoms with Gasteiger partial charge < -0.3 is 14.8 Å². The maximum absolute atomic E-state index is 12.3. The Labute approximate surface area is 146 Å². The Morgan fingerprint density at radius 1 is 1.08 bits per heavy atom. The van der Waals surface area contributed by atoms with Gasteiger partial charge in [0.05, 0.1) is 5.56 Å². The summed E-state index contributed by atoms with van der Waals surface area (Å²) >= 11 is 0. The average Bonchev–Trinajstić information content (AvgIpc) is 3.15. The van der Waals surface area contributed by atoms with E-state index in [0.717, 1.165) is 16.8 Å². The molecule has 0 saturated heterocycles. The van der Waals surface area contributed by atoms with Gasteiger partial charge in [-0.3, -0.25) is 9.78 Å². The van der Waals surface area contributed by atoms with Crippen LogP contribution in [-0.4, -0.2) is 46.3 Å². The molecule has 0 saturated carbocycles. The van der Waals surface area contributed by atoms with Crippen LogP contribution in [-0.2, 0) is 6.54 Å². The Balaban J connectivity index is 1.66. The number of nitrogens with zero attached hydrogens (tertiary/aromatic N) is 5. The average molecular weight is 336 g/mol. The lowest BCUT2D eigenvalue weighted by atomic mass is 10.1. The van der Waals surface area contributed by atoms with Crippen LogP contribution in [0, 0.1) is 0 Å². The van der Waals surface area contributed by atoms with Crippen LogP contribution >= 0.6 is 0 Å². The van der Waals surface area contributed by atoms with Gasteiger partial charge in [0.25, 0.3) is 5.91 Å². The first-order valence-corrected chi connectivity index (χ1v) is 7.97. The molecule has 0 radical (unpaired) electrons. The Hall–Kier alpha value is -3.22. The minimum absolute atomic E-state index is 0.146. The third kappa shape index (κ3) is 4.20. The van der Waals surface area contributed by atoms with Crippen molar-refractivity contribution < 1.29 is 4.79 Å². The van der Waals surface area contributed by atoms with Gasteiger partial charge in [0.15, 0.2) is 0 Å². The number of rotatable bonds is 6. The molecular weight excluding hydrogens is 316 g/mol. The minimum atomic E-state index is -0.146. The minimum Gasteiger partial charge on any atom is -0.378 e. The van der Waals surface area contributed by atoms with E-state index >= 15 is 0 Å². The van der Waals surface area contributed by atoms with Crippen molar-refractivity contribution in [2.75, 3.05) is 25.5 Å². The largest absolute Gasteiger partial charge is 0.378 e. The van der Waals surface area contributed by atoms with Gasteiger partial charge in [-0.15, -0.1) is 10.2 Å². The van der Waals surface area contributed by atoms with Crippen molar-refractivity contribution in [1.29, 1.82) is 0 Å². The highest BCUT2D eigenvalue weighted by Crippen LogP contribution is 2.22. The lowest BCUT2D eigenvalue weighted by Crippen LogP contribution is -2.27. The van der Waals surface area contributed by atoms with Crippen LogP contribution in [0.2, 0.25) is 0 Å². The third-order valence-electron chi connectivity index (χ3n) is 3.84. The third-order valence-corrected chi connectivity index (χ3v) is 3.84. The van der Waals surface area contributed by atoms with Gasteiger partial charge in [0, 0.05) is 50.8 Å². The fraction of sp³-hybridized carbons (Fsp3) is 0.222. The molecule has 128 valence electrons. The van der Waals surface area contributed by atoms with Crippen molar-refractivity contribution >= 4 is 11.6 Å². The number of pyridine rings is 1. The lowest BCUT2D eigenvalue weighted by Gasteiger charge is -2.13. The molecule has 3 rings (SSSR count). The first-order valence-electron chi connectivity index (χ1n) is 7.97. The molecule has 0 aliphatic heterocycles. The van der Waals surface area contributed by atoms with E-state index in [2.05, 4.69) is 20.5 Å². The van der Waals surface area contributed by atoms with Crippen LogP contribution in [0.1, 0.15) is 10.4 Å². The maximum Gasteiger partial charge on any atom is 0.252 e. The first kappa shape index (κ1) is 16.6. The van der Waals surface area contributed by atoms with E-state index in [1.807, 2.05) is 49.3 Å². The van der Waals surface area contributed by atoms with Crippen LogP contribution in [0.5, 0.6) is 0 Å². The molecule has 1 N–H and O–H groups in total. The molecular formula is C18H20N6O. The number of amides is 1. The van der Waals surface area contributed by atoms with Crippen molar-refractivity contribution in [3.63, 3.8) is 0 Å². The predicted octanol–water partition coefficient (Wildman–Crippen LogP) is 1.84. The summed E-state index contributed by atoms with van der Waals surface area (Å²) in [5.74, 6) is -0.146. The number of aromatic nitrogens is 4. The summed E-state index contributed by atoms with van der Waals surface area (Å²) < 4.78 is 1.81. The first-order chi connectivity index (χ1) is 12.1. The zero-order valence-electron chi connectivity index (χ0n) is 14.3. The second-order valence-corrected chi connectivity index (χ2v) is 5.86. The summed E-state index contributed by atoms with van der Waals surface area (Å²) in [6, 6.07) is 9.99. The van der Waals surface area contributed by atoms with Gasteiger partial charge in [-0.1, -0.05) is 12.1 Å². The van der Waals surface area contributed by atoms with Crippen LogP contribution in [0.3, 0.4) is 0 Å². The molecule has 0 atom stereocenters. The van der Waals surface area contributed by atoms with E-state index in [9.17, 15) is 4.79 Å². The second kappa shape index (κ2) is 7.57. The summed E-state index contributed by atoms with van der Waals surface area (Å²) in [5, 5.41) is 10.3. The Kier molecular flexibility index (Phi) is 5.03. The molecule has 3 aromatic rings. The van der Waals surface area contributed by atoms with E-state index in [-0.39, 0.29) is 5.91 Å². The molecule has 0 spiro atoms. The van der Waals surface area contributed by atoms with Crippen LogP contribution in [0.4, 0.5) is 5.69 Å². The fourth-order valence-electron chi connectivity index (χ4n) is 2.41. The van der Waals surface area contributed by atoms with Crippen LogP contribution in [0.25, 0.3) is 11.1 Å². The Morgan fingerprint density at radius 3 is 2.48 bits per heavy atom. The van der Waals surface area contributed by atoms with Gasteiger partial charge in [-0.25, -0.2) is 0 Å². The van der Waals surface area contributed by atoms with E-state index < -0.39 is 0 Å². The molecule has 7 heteroatoms. The quantitative estimate of drug-likeness (QED) is 0.743. The molecule has 25 heavy (non-hydrogen) atoms. The zero-order valence-corrected chi connectivity index (χ0v) is 14.3. The topological polar surface area (TPSA) is 75.9 Å². The normalized spacial score (nSPS) is 10.5. The van der Waals surface area contributed by atoms with Gasteiger partial charge >= 0.3 is 0 Å². The summed E-state index contributed by atoms with van der Waals surface area (Å²) in [6.07, 6.45) is 6.57. The Morgan fingerprint density at radius 2 is 1.80 bits per heavy atom. The summed E-state index contributed by atoms with van der Waals surface area (Å²) in [4.78, 5) is 18.5. The highest BCUT2D eigenvalue weighted by molar-refractivity contribution is 5.95. The predicted molar refractivity (Wildman–Crippen MR) is 96.4 cm³/mol. The number of hydrogen-bond donors (Lipinski definition) is 1. The standard InChI is InChI=1S/C18H20N6O/c1-23(2)17-5-3-14(4-6-17)15-9-16(11-19-10-15)18(25)20-7-8-24-12-21-22-13-24/h3-6,9-13H,7-8H2,1-2H3,(H,20,25). The number of nitrogens with one attached hydrogen (secondary N) is 1. The fourth-order valence-corrected chi connectivity index (χ4v) is 2.41. The lowest BCUT2D eigenvalue weighted by molar-refractivity contribution is 0.0952.